The molecule has 0 fully saturated rings. The van der Waals surface area contributed by atoms with E-state index in [4.69, 9.17) is 5.73 Å². The van der Waals surface area contributed by atoms with Crippen LogP contribution in [0.2, 0.25) is 0 Å². The van der Waals surface area contributed by atoms with Crippen LogP contribution in [-0.4, -0.2) is 26.5 Å². The fourth-order valence-electron chi connectivity index (χ4n) is 2.97. The Balaban J connectivity index is 1.69. The van der Waals surface area contributed by atoms with E-state index in [1.807, 2.05) is 65.4 Å². The molecule has 4 rings (SSSR count). The first-order chi connectivity index (χ1) is 14.1. The van der Waals surface area contributed by atoms with Crippen LogP contribution in [0.15, 0.2) is 71.4 Å². The average molecular weight is 423 g/mol. The van der Waals surface area contributed by atoms with Gasteiger partial charge in [0.25, 0.3) is 11.8 Å². The maximum Gasteiger partial charge on any atom is 0.275 e. The summed E-state index contributed by atoms with van der Waals surface area (Å²) in [5.74, 6) is -0.882. The molecule has 6 nitrogen and oxygen atoms in total. The molecule has 4 aromatic rings. The molecule has 8 heteroatoms. The van der Waals surface area contributed by atoms with E-state index in [9.17, 15) is 9.59 Å². The maximum absolute atomic E-state index is 13.3. The Morgan fingerprint density at radius 2 is 1.55 bits per heavy atom. The highest BCUT2D eigenvalue weighted by Gasteiger charge is 2.24. The van der Waals surface area contributed by atoms with E-state index in [2.05, 4.69) is 5.10 Å². The monoisotopic (exact) mass is 422 g/mol. The Kier molecular flexibility index (Phi) is 5.55. The smallest absolute Gasteiger partial charge is 0.275 e. The Morgan fingerprint density at radius 1 is 0.931 bits per heavy atom. The van der Waals surface area contributed by atoms with Gasteiger partial charge >= 0.3 is 0 Å². The number of hydrogen-bond donors (Lipinski definition) is 1. The second kappa shape index (κ2) is 8.42. The van der Waals surface area contributed by atoms with Crippen molar-refractivity contribution in [2.24, 2.45) is 5.73 Å². The van der Waals surface area contributed by atoms with Crippen LogP contribution < -0.4 is 5.73 Å². The molecule has 2 N–H and O–H groups in total. The summed E-state index contributed by atoms with van der Waals surface area (Å²) in [6, 6.07) is 18.5. The van der Waals surface area contributed by atoms with Gasteiger partial charge in [-0.3, -0.25) is 9.59 Å². The van der Waals surface area contributed by atoms with Gasteiger partial charge in [-0.15, -0.1) is 22.7 Å². The van der Waals surface area contributed by atoms with E-state index in [-0.39, 0.29) is 17.3 Å². The molecular weight excluding hydrogens is 404 g/mol. The van der Waals surface area contributed by atoms with Gasteiger partial charge in [-0.25, -0.2) is 4.68 Å². The summed E-state index contributed by atoms with van der Waals surface area (Å²) in [6.07, 6.45) is 0. The minimum absolute atomic E-state index is 0.173. The molecule has 0 aliphatic carbocycles. The zero-order chi connectivity index (χ0) is 20.2. The van der Waals surface area contributed by atoms with Crippen LogP contribution in [0.3, 0.4) is 0 Å². The lowest BCUT2D eigenvalue weighted by Crippen LogP contribution is -2.30. The number of nitrogens with two attached hydrogens (primary N) is 1. The van der Waals surface area contributed by atoms with Gasteiger partial charge in [-0.2, -0.15) is 5.10 Å². The van der Waals surface area contributed by atoms with Crippen LogP contribution in [0.1, 0.15) is 30.7 Å². The van der Waals surface area contributed by atoms with Crippen LogP contribution in [0.25, 0.3) is 5.69 Å². The van der Waals surface area contributed by atoms with Crippen molar-refractivity contribution in [1.29, 1.82) is 0 Å². The van der Waals surface area contributed by atoms with Gasteiger partial charge in [-0.1, -0.05) is 30.3 Å². The van der Waals surface area contributed by atoms with Crippen molar-refractivity contribution < 1.29 is 9.59 Å². The Hall–Kier alpha value is -3.23. The van der Waals surface area contributed by atoms with Crippen molar-refractivity contribution in [3.05, 3.63) is 92.6 Å². The summed E-state index contributed by atoms with van der Waals surface area (Å²) in [5.41, 5.74) is 6.57. The number of thiophene rings is 2. The standard InChI is InChI=1S/C21H18N4O2S2/c22-20(26)19-12-18(23-25(19)15-6-2-1-3-7-15)21(27)24(13-16-8-4-10-28-16)14-17-9-5-11-29-17/h1-12H,13-14H2,(H2,22,26). The fraction of sp³-hybridized carbons (Fsp3) is 0.0952. The van der Waals surface area contributed by atoms with Crippen molar-refractivity contribution in [3.63, 3.8) is 0 Å². The molecule has 2 amide bonds. The topological polar surface area (TPSA) is 81.2 Å². The third-order valence-corrected chi connectivity index (χ3v) is 6.04. The summed E-state index contributed by atoms with van der Waals surface area (Å²) in [7, 11) is 0. The fourth-order valence-corrected chi connectivity index (χ4v) is 4.41. The van der Waals surface area contributed by atoms with E-state index in [0.29, 0.717) is 18.8 Å². The van der Waals surface area contributed by atoms with E-state index in [1.165, 1.54) is 10.7 Å². The number of rotatable bonds is 7. The largest absolute Gasteiger partial charge is 0.364 e. The lowest BCUT2D eigenvalue weighted by molar-refractivity contribution is 0.0727. The van der Waals surface area contributed by atoms with Crippen LogP contribution >= 0.6 is 22.7 Å². The van der Waals surface area contributed by atoms with Gasteiger partial charge in [0, 0.05) is 15.8 Å². The number of primary amides is 1. The van der Waals surface area contributed by atoms with Crippen molar-refractivity contribution in [3.8, 4) is 5.69 Å². The Labute approximate surface area is 175 Å². The maximum atomic E-state index is 13.3. The highest BCUT2D eigenvalue weighted by atomic mass is 32.1. The molecule has 0 radical (unpaired) electrons. The normalized spacial score (nSPS) is 10.8. The van der Waals surface area contributed by atoms with Crippen molar-refractivity contribution in [2.75, 3.05) is 0 Å². The van der Waals surface area contributed by atoms with Gasteiger partial charge < -0.3 is 10.6 Å². The van der Waals surface area contributed by atoms with Crippen molar-refractivity contribution in [2.45, 2.75) is 13.1 Å². The Morgan fingerprint density at radius 3 is 2.07 bits per heavy atom. The Bertz CT molecular complexity index is 1070. The van der Waals surface area contributed by atoms with Gasteiger partial charge in [-0.05, 0) is 35.0 Å². The number of benzene rings is 1. The molecule has 3 heterocycles. The predicted molar refractivity (Wildman–Crippen MR) is 114 cm³/mol. The van der Waals surface area contributed by atoms with Crippen molar-refractivity contribution in [1.82, 2.24) is 14.7 Å². The minimum atomic E-state index is -0.636. The molecule has 0 spiro atoms. The molecule has 0 atom stereocenters. The highest BCUT2D eigenvalue weighted by molar-refractivity contribution is 7.10. The van der Waals surface area contributed by atoms with E-state index in [0.717, 1.165) is 9.75 Å². The summed E-state index contributed by atoms with van der Waals surface area (Å²) in [5, 5.41) is 8.38. The third-order valence-electron chi connectivity index (χ3n) is 4.32. The average Bonchev–Trinajstić information content (AvgIpc) is 3.49. The van der Waals surface area contributed by atoms with E-state index in [1.54, 1.807) is 27.6 Å². The molecule has 0 bridgehead atoms. The third kappa shape index (κ3) is 4.28. The van der Waals surface area contributed by atoms with E-state index >= 15 is 0 Å². The van der Waals surface area contributed by atoms with Gasteiger partial charge in [0.2, 0.25) is 0 Å². The first-order valence-electron chi connectivity index (χ1n) is 8.91. The van der Waals surface area contributed by atoms with Crippen LogP contribution in [0.4, 0.5) is 0 Å². The first-order valence-corrected chi connectivity index (χ1v) is 10.7. The number of aromatic nitrogens is 2. The molecular formula is C21H18N4O2S2. The lowest BCUT2D eigenvalue weighted by atomic mass is 10.2. The summed E-state index contributed by atoms with van der Waals surface area (Å²) < 4.78 is 1.42. The molecule has 0 saturated heterocycles. The van der Waals surface area contributed by atoms with Crippen LogP contribution in [0.5, 0.6) is 0 Å². The summed E-state index contributed by atoms with van der Waals surface area (Å²) in [4.78, 5) is 29.2. The molecule has 0 aliphatic heterocycles. The van der Waals surface area contributed by atoms with Gasteiger partial charge in [0.1, 0.15) is 5.69 Å². The highest BCUT2D eigenvalue weighted by Crippen LogP contribution is 2.20. The zero-order valence-corrected chi connectivity index (χ0v) is 17.0. The molecule has 0 aliphatic rings. The SMILES string of the molecule is NC(=O)c1cc(C(=O)N(Cc2cccs2)Cc2cccs2)nn1-c1ccccc1. The molecule has 0 saturated carbocycles. The zero-order valence-electron chi connectivity index (χ0n) is 15.4. The lowest BCUT2D eigenvalue weighted by Gasteiger charge is -2.20. The predicted octanol–water partition coefficient (Wildman–Crippen LogP) is 3.94. The molecule has 1 aromatic carbocycles. The first kappa shape index (κ1) is 19.1. The number of carbonyl (C=O) groups is 2. The van der Waals surface area contributed by atoms with Crippen LogP contribution in [-0.2, 0) is 13.1 Å². The molecule has 3 aromatic heterocycles. The number of carbonyl (C=O) groups excluding carboxylic acids is 2. The van der Waals surface area contributed by atoms with Gasteiger partial charge in [0.05, 0.1) is 18.8 Å². The summed E-state index contributed by atoms with van der Waals surface area (Å²) >= 11 is 3.19. The number of para-hydroxylation sites is 1. The van der Waals surface area contributed by atoms with Crippen LogP contribution in [0, 0.1) is 0 Å². The number of nitrogens with zero attached hydrogens (tertiary/aromatic N) is 3. The minimum Gasteiger partial charge on any atom is -0.364 e. The second-order valence-electron chi connectivity index (χ2n) is 6.35. The van der Waals surface area contributed by atoms with E-state index < -0.39 is 5.91 Å². The summed E-state index contributed by atoms with van der Waals surface area (Å²) in [6.45, 7) is 0.941. The second-order valence-corrected chi connectivity index (χ2v) is 8.41. The number of amides is 2. The quantitative estimate of drug-likeness (QED) is 0.490. The molecule has 29 heavy (non-hydrogen) atoms. The van der Waals surface area contributed by atoms with Gasteiger partial charge in [0.15, 0.2) is 5.69 Å². The number of hydrogen-bond acceptors (Lipinski definition) is 5. The van der Waals surface area contributed by atoms with Crippen molar-refractivity contribution >= 4 is 34.5 Å². The molecule has 0 unspecified atom stereocenters. The molecule has 146 valence electrons.